The molecule has 158 valence electrons. The second kappa shape index (κ2) is 10.1. The van der Waals surface area contributed by atoms with E-state index < -0.39 is 12.2 Å². The van der Waals surface area contributed by atoms with E-state index >= 15 is 0 Å². The number of aliphatic imine (C=N–C) groups is 1. The zero-order valence-corrected chi connectivity index (χ0v) is 17.1. The van der Waals surface area contributed by atoms with Gasteiger partial charge in [0.2, 0.25) is 0 Å². The number of hydrogen-bond acceptors (Lipinski definition) is 3. The molecule has 5 nitrogen and oxygen atoms in total. The van der Waals surface area contributed by atoms with Crippen LogP contribution in [0, 0.1) is 0 Å². The van der Waals surface area contributed by atoms with Crippen LogP contribution in [-0.2, 0) is 17.9 Å². The molecule has 0 aliphatic carbocycles. The lowest BCUT2D eigenvalue weighted by Gasteiger charge is -2.39. The van der Waals surface area contributed by atoms with Crippen molar-refractivity contribution < 1.29 is 17.9 Å². The molecule has 28 heavy (non-hydrogen) atoms. The van der Waals surface area contributed by atoms with Gasteiger partial charge in [-0.1, -0.05) is 24.3 Å². The van der Waals surface area contributed by atoms with E-state index in [0.29, 0.717) is 45.3 Å². The fraction of sp³-hybridized carbons (Fsp3) is 0.650. The van der Waals surface area contributed by atoms with E-state index in [1.165, 1.54) is 11.8 Å². The molecule has 0 aromatic heterocycles. The number of piperazine rings is 1. The number of guanidine groups is 1. The Morgan fingerprint density at radius 1 is 1.14 bits per heavy atom. The summed E-state index contributed by atoms with van der Waals surface area (Å²) in [5.74, 6) is 0.711. The van der Waals surface area contributed by atoms with Gasteiger partial charge in [0.15, 0.2) is 5.96 Å². The van der Waals surface area contributed by atoms with E-state index in [4.69, 9.17) is 4.74 Å². The fourth-order valence-electron chi connectivity index (χ4n) is 3.13. The molecule has 1 unspecified atom stereocenters. The van der Waals surface area contributed by atoms with E-state index in [0.717, 1.165) is 11.1 Å². The Morgan fingerprint density at radius 3 is 2.36 bits per heavy atom. The summed E-state index contributed by atoms with van der Waals surface area (Å²) in [6, 6.07) is 6.73. The molecule has 0 bridgehead atoms. The highest BCUT2D eigenvalue weighted by Crippen LogP contribution is 2.25. The standard InChI is InChI=1S/C20H31F3N4O/c1-15(2)28-14-18-7-5-6-17(12-18)13-25-19(24-4)27-10-8-26(9-11-27)16(3)20(21,22)23/h5-7,12,15-16H,8-11,13-14H2,1-4H3,(H,24,25). The molecule has 1 atom stereocenters. The Hall–Kier alpha value is -1.80. The van der Waals surface area contributed by atoms with Gasteiger partial charge < -0.3 is 15.0 Å². The lowest BCUT2D eigenvalue weighted by molar-refractivity contribution is -0.181. The summed E-state index contributed by atoms with van der Waals surface area (Å²) in [5.41, 5.74) is 2.22. The summed E-state index contributed by atoms with van der Waals surface area (Å²) in [6.45, 7) is 8.16. The van der Waals surface area contributed by atoms with Crippen LogP contribution in [0.3, 0.4) is 0 Å². The molecular weight excluding hydrogens is 369 g/mol. The van der Waals surface area contributed by atoms with Gasteiger partial charge in [-0.15, -0.1) is 0 Å². The summed E-state index contributed by atoms with van der Waals surface area (Å²) >= 11 is 0. The molecule has 1 fully saturated rings. The predicted molar refractivity (Wildman–Crippen MR) is 105 cm³/mol. The molecule has 2 rings (SSSR count). The van der Waals surface area contributed by atoms with E-state index in [2.05, 4.69) is 16.4 Å². The third-order valence-corrected chi connectivity index (χ3v) is 4.87. The van der Waals surface area contributed by atoms with E-state index in [1.54, 1.807) is 7.05 Å². The van der Waals surface area contributed by atoms with E-state index in [1.807, 2.05) is 36.9 Å². The molecule has 1 heterocycles. The zero-order chi connectivity index (χ0) is 20.7. The summed E-state index contributed by atoms with van der Waals surface area (Å²) in [4.78, 5) is 7.77. The SMILES string of the molecule is CN=C(NCc1cccc(COC(C)C)c1)N1CCN(C(C)C(F)(F)F)CC1. The summed E-state index contributed by atoms with van der Waals surface area (Å²) in [7, 11) is 1.69. The molecule has 1 aromatic carbocycles. The molecular formula is C20H31F3N4O. The van der Waals surface area contributed by atoms with Crippen molar-refractivity contribution in [2.75, 3.05) is 33.2 Å². The average molecular weight is 400 g/mol. The Labute approximate surface area is 165 Å². The number of nitrogens with zero attached hydrogens (tertiary/aromatic N) is 3. The Bertz CT molecular complexity index is 641. The Morgan fingerprint density at radius 2 is 1.79 bits per heavy atom. The van der Waals surface area contributed by atoms with Crippen LogP contribution < -0.4 is 5.32 Å². The van der Waals surface area contributed by atoms with Gasteiger partial charge in [-0.2, -0.15) is 13.2 Å². The normalized spacial score (nSPS) is 17.9. The molecule has 1 saturated heterocycles. The van der Waals surface area contributed by atoms with Crippen LogP contribution in [0.1, 0.15) is 31.9 Å². The Kier molecular flexibility index (Phi) is 8.12. The highest BCUT2D eigenvalue weighted by molar-refractivity contribution is 5.80. The highest BCUT2D eigenvalue weighted by Gasteiger charge is 2.41. The van der Waals surface area contributed by atoms with Crippen LogP contribution in [0.25, 0.3) is 0 Å². The predicted octanol–water partition coefficient (Wildman–Crippen LogP) is 3.26. The maximum Gasteiger partial charge on any atom is 0.403 e. The van der Waals surface area contributed by atoms with Gasteiger partial charge in [0.1, 0.15) is 6.04 Å². The quantitative estimate of drug-likeness (QED) is 0.588. The van der Waals surface area contributed by atoms with Gasteiger partial charge in [0, 0.05) is 39.8 Å². The number of hydrogen-bond donors (Lipinski definition) is 1. The van der Waals surface area contributed by atoms with E-state index in [-0.39, 0.29) is 6.10 Å². The van der Waals surface area contributed by atoms with Crippen LogP contribution in [0.15, 0.2) is 29.3 Å². The van der Waals surface area contributed by atoms with Crippen LogP contribution in [0.4, 0.5) is 13.2 Å². The van der Waals surface area contributed by atoms with Crippen molar-refractivity contribution in [3.8, 4) is 0 Å². The molecule has 1 aromatic rings. The van der Waals surface area contributed by atoms with Crippen LogP contribution in [-0.4, -0.2) is 67.3 Å². The first-order chi connectivity index (χ1) is 13.2. The molecule has 0 saturated carbocycles. The third-order valence-electron chi connectivity index (χ3n) is 4.87. The minimum absolute atomic E-state index is 0.180. The smallest absolute Gasteiger partial charge is 0.374 e. The average Bonchev–Trinajstić information content (AvgIpc) is 2.66. The molecule has 1 aliphatic heterocycles. The summed E-state index contributed by atoms with van der Waals surface area (Å²) in [5, 5.41) is 3.32. The second-order valence-electron chi connectivity index (χ2n) is 7.32. The summed E-state index contributed by atoms with van der Waals surface area (Å²) in [6.07, 6.45) is -4.01. The van der Waals surface area contributed by atoms with Crippen molar-refractivity contribution in [1.29, 1.82) is 0 Å². The number of nitrogens with one attached hydrogen (secondary N) is 1. The molecule has 0 radical (unpaired) electrons. The van der Waals surface area contributed by atoms with Gasteiger partial charge in [-0.3, -0.25) is 9.89 Å². The zero-order valence-electron chi connectivity index (χ0n) is 17.1. The van der Waals surface area contributed by atoms with Crippen molar-refractivity contribution in [2.45, 2.75) is 52.2 Å². The topological polar surface area (TPSA) is 40.1 Å². The molecule has 8 heteroatoms. The summed E-state index contributed by atoms with van der Waals surface area (Å²) < 4.78 is 44.3. The van der Waals surface area contributed by atoms with Gasteiger partial charge in [0.05, 0.1) is 12.7 Å². The van der Waals surface area contributed by atoms with Crippen molar-refractivity contribution >= 4 is 5.96 Å². The molecule has 0 spiro atoms. The largest absolute Gasteiger partial charge is 0.403 e. The minimum Gasteiger partial charge on any atom is -0.374 e. The first-order valence-corrected chi connectivity index (χ1v) is 9.66. The minimum atomic E-state index is -4.19. The third kappa shape index (κ3) is 6.67. The van der Waals surface area contributed by atoms with Gasteiger partial charge in [-0.25, -0.2) is 0 Å². The van der Waals surface area contributed by atoms with Crippen LogP contribution in [0.2, 0.25) is 0 Å². The number of ether oxygens (including phenoxy) is 1. The first kappa shape index (κ1) is 22.5. The van der Waals surface area contributed by atoms with Gasteiger partial charge >= 0.3 is 6.18 Å². The lowest BCUT2D eigenvalue weighted by atomic mass is 10.1. The van der Waals surface area contributed by atoms with Gasteiger partial charge in [0.25, 0.3) is 0 Å². The number of alkyl halides is 3. The van der Waals surface area contributed by atoms with E-state index in [9.17, 15) is 13.2 Å². The van der Waals surface area contributed by atoms with Crippen molar-refractivity contribution in [3.05, 3.63) is 35.4 Å². The van der Waals surface area contributed by atoms with Crippen LogP contribution in [0.5, 0.6) is 0 Å². The highest BCUT2D eigenvalue weighted by atomic mass is 19.4. The monoisotopic (exact) mass is 400 g/mol. The Balaban J connectivity index is 1.86. The lowest BCUT2D eigenvalue weighted by Crippen LogP contribution is -2.56. The molecule has 0 amide bonds. The maximum absolute atomic E-state index is 12.9. The first-order valence-electron chi connectivity index (χ1n) is 9.66. The molecule has 1 N–H and O–H groups in total. The number of benzene rings is 1. The van der Waals surface area contributed by atoms with Crippen molar-refractivity contribution in [1.82, 2.24) is 15.1 Å². The van der Waals surface area contributed by atoms with Crippen molar-refractivity contribution in [3.63, 3.8) is 0 Å². The van der Waals surface area contributed by atoms with Crippen LogP contribution >= 0.6 is 0 Å². The molecule has 1 aliphatic rings. The number of halogens is 3. The maximum atomic E-state index is 12.9. The van der Waals surface area contributed by atoms with Crippen molar-refractivity contribution in [2.24, 2.45) is 4.99 Å². The second-order valence-corrected chi connectivity index (χ2v) is 7.32. The van der Waals surface area contributed by atoms with Gasteiger partial charge in [-0.05, 0) is 31.9 Å². The number of rotatable bonds is 6. The fourth-order valence-corrected chi connectivity index (χ4v) is 3.13.